The topological polar surface area (TPSA) is 282 Å². The number of methoxy groups -OCH3 is 1. The summed E-state index contributed by atoms with van der Waals surface area (Å²) in [5.74, 6) is -6.58. The molecule has 0 saturated carbocycles. The molecular formula is C49H52FN9O12. The van der Waals surface area contributed by atoms with Crippen molar-refractivity contribution in [3.63, 3.8) is 0 Å². The van der Waals surface area contributed by atoms with Crippen molar-refractivity contribution in [2.75, 3.05) is 46.6 Å². The van der Waals surface area contributed by atoms with Crippen molar-refractivity contribution in [2.24, 2.45) is 0 Å². The zero-order chi connectivity index (χ0) is 50.9. The van der Waals surface area contributed by atoms with Gasteiger partial charge in [-0.2, -0.15) is 0 Å². The summed E-state index contributed by atoms with van der Waals surface area (Å²) in [5, 5.41) is 15.7. The van der Waals surface area contributed by atoms with E-state index in [-0.39, 0.29) is 25.1 Å². The van der Waals surface area contributed by atoms with E-state index in [4.69, 9.17) is 14.5 Å². The van der Waals surface area contributed by atoms with Gasteiger partial charge in [0.1, 0.15) is 38.0 Å². The van der Waals surface area contributed by atoms with Crippen LogP contribution in [-0.2, 0) is 78.6 Å². The molecule has 71 heavy (non-hydrogen) atoms. The first-order valence-corrected chi connectivity index (χ1v) is 22.8. The van der Waals surface area contributed by atoms with Gasteiger partial charge in [0.05, 0.1) is 55.7 Å². The zero-order valence-corrected chi connectivity index (χ0v) is 39.1. The highest BCUT2D eigenvalue weighted by Crippen LogP contribution is 2.45. The van der Waals surface area contributed by atoms with Gasteiger partial charge in [0, 0.05) is 54.2 Å². The summed E-state index contributed by atoms with van der Waals surface area (Å²) in [6.07, 6.45) is 4.11. The second kappa shape index (κ2) is 22.6. The van der Waals surface area contributed by atoms with Gasteiger partial charge in [-0.3, -0.25) is 48.1 Å². The molecule has 2 aromatic heterocycles. The number of pyridine rings is 2. The maximum Gasteiger partial charge on any atom is 0.257 e. The molecule has 0 spiro atoms. The fourth-order valence-electron chi connectivity index (χ4n) is 8.89. The quantitative estimate of drug-likeness (QED) is 0.0229. The zero-order valence-electron chi connectivity index (χ0n) is 39.1. The number of rotatable bonds is 22. The molecule has 0 fully saturated rings. The van der Waals surface area contributed by atoms with Crippen LogP contribution in [0, 0.1) is 12.7 Å². The highest BCUT2D eigenvalue weighted by atomic mass is 19.1. The molecule has 372 valence electrons. The number of ether oxygens (including phenoxy) is 2. The van der Waals surface area contributed by atoms with Crippen LogP contribution in [0.3, 0.4) is 0 Å². The van der Waals surface area contributed by atoms with E-state index in [1.165, 1.54) is 13.2 Å². The maximum atomic E-state index is 15.4. The predicted octanol–water partition coefficient (Wildman–Crippen LogP) is -0.0935. The van der Waals surface area contributed by atoms with Crippen LogP contribution in [0.1, 0.15) is 70.7 Å². The highest BCUT2D eigenvalue weighted by molar-refractivity contribution is 6.14. The summed E-state index contributed by atoms with van der Waals surface area (Å²) in [5.41, 5.74) is 5.10. The van der Waals surface area contributed by atoms with E-state index >= 15 is 4.39 Å². The lowest BCUT2D eigenvalue weighted by Gasteiger charge is -2.29. The number of aromatic nitrogens is 2. The third-order valence-corrected chi connectivity index (χ3v) is 12.5. The number of nitrogens with one attached hydrogen (secondary N) is 6. The minimum atomic E-state index is -1.19. The first-order valence-electron chi connectivity index (χ1n) is 22.8. The van der Waals surface area contributed by atoms with E-state index in [0.29, 0.717) is 79.8 Å². The third-order valence-electron chi connectivity index (χ3n) is 12.5. The first kappa shape index (κ1) is 50.9. The number of carbonyl (C=O) groups is 9. The van der Waals surface area contributed by atoms with Crippen LogP contribution in [0.25, 0.3) is 22.3 Å². The Kier molecular flexibility index (Phi) is 16.2. The van der Waals surface area contributed by atoms with Crippen LogP contribution in [-0.4, -0.2) is 121 Å². The SMILES string of the molecule is CCC(C=O)c1cc2n(c(=O)c1COC)Cc1c-2nc2cc(F)c(C)c3c2c1C(NC(=O)COCNC(=O)CNC(=O)C(Cc1ccccc1)NC(=O)CNC(=O)CNC(=O)CN1C(=O)C=CC1=O)CC3. The molecule has 3 atom stereocenters. The Morgan fingerprint density at radius 3 is 2.28 bits per heavy atom. The van der Waals surface area contributed by atoms with E-state index in [9.17, 15) is 47.9 Å². The molecule has 2 aromatic carbocycles. The molecule has 3 unspecified atom stereocenters. The lowest BCUT2D eigenvalue weighted by atomic mass is 9.81. The van der Waals surface area contributed by atoms with E-state index in [0.717, 1.165) is 24.0 Å². The van der Waals surface area contributed by atoms with Crippen LogP contribution in [0.15, 0.2) is 59.4 Å². The number of fused-ring (bicyclic) bond motifs is 4. The molecule has 6 N–H and O–H groups in total. The van der Waals surface area contributed by atoms with Gasteiger partial charge < -0.3 is 50.7 Å². The van der Waals surface area contributed by atoms with Crippen LogP contribution in [0.5, 0.6) is 0 Å². The lowest BCUT2D eigenvalue weighted by Crippen LogP contribution is -2.52. The highest BCUT2D eigenvalue weighted by Gasteiger charge is 2.36. The van der Waals surface area contributed by atoms with Gasteiger partial charge in [-0.15, -0.1) is 0 Å². The Hall–Kier alpha value is -7.98. The molecule has 0 saturated heterocycles. The number of aryl methyl sites for hydroxylation is 1. The largest absolute Gasteiger partial charge is 0.380 e. The van der Waals surface area contributed by atoms with E-state index in [1.807, 2.05) is 6.92 Å². The summed E-state index contributed by atoms with van der Waals surface area (Å²) in [6, 6.07) is 10.0. The fraction of sp³-hybridized carbons (Fsp3) is 0.367. The summed E-state index contributed by atoms with van der Waals surface area (Å²) in [7, 11) is 1.47. The van der Waals surface area contributed by atoms with Gasteiger partial charge in [-0.1, -0.05) is 37.3 Å². The Morgan fingerprint density at radius 1 is 0.887 bits per heavy atom. The van der Waals surface area contributed by atoms with Gasteiger partial charge in [-0.05, 0) is 60.1 Å². The molecule has 2 aliphatic heterocycles. The van der Waals surface area contributed by atoms with Crippen molar-refractivity contribution >= 4 is 64.4 Å². The molecule has 7 rings (SSSR count). The summed E-state index contributed by atoms with van der Waals surface area (Å²) < 4.78 is 27.8. The van der Waals surface area contributed by atoms with Crippen molar-refractivity contribution in [1.29, 1.82) is 0 Å². The molecule has 0 radical (unpaired) electrons. The van der Waals surface area contributed by atoms with Crippen LogP contribution >= 0.6 is 0 Å². The molecular weight excluding hydrogens is 926 g/mol. The Bertz CT molecular complexity index is 2900. The minimum Gasteiger partial charge on any atom is -0.380 e. The number of nitrogens with zero attached hydrogens (tertiary/aromatic N) is 3. The molecule has 21 nitrogen and oxygen atoms in total. The predicted molar refractivity (Wildman–Crippen MR) is 250 cm³/mol. The minimum absolute atomic E-state index is 0.0107. The molecule has 22 heteroatoms. The average molecular weight is 978 g/mol. The van der Waals surface area contributed by atoms with Crippen LogP contribution in [0.2, 0.25) is 0 Å². The number of imide groups is 1. The van der Waals surface area contributed by atoms with E-state index in [2.05, 4.69) is 31.9 Å². The van der Waals surface area contributed by atoms with Crippen molar-refractivity contribution in [2.45, 2.75) is 70.7 Å². The normalized spacial score (nSPS) is 15.1. The van der Waals surface area contributed by atoms with Crippen molar-refractivity contribution in [3.8, 4) is 11.4 Å². The molecule has 8 amide bonds. The number of carbonyl (C=O) groups excluding carboxylic acids is 9. The van der Waals surface area contributed by atoms with Crippen molar-refractivity contribution in [1.82, 2.24) is 46.4 Å². The van der Waals surface area contributed by atoms with Crippen LogP contribution < -0.4 is 37.5 Å². The molecule has 4 aromatic rings. The summed E-state index contributed by atoms with van der Waals surface area (Å²) in [4.78, 5) is 132. The second-order valence-electron chi connectivity index (χ2n) is 17.1. The Labute approximate surface area is 405 Å². The fourth-order valence-corrected chi connectivity index (χ4v) is 8.89. The number of benzene rings is 2. The van der Waals surface area contributed by atoms with Gasteiger partial charge >= 0.3 is 0 Å². The van der Waals surface area contributed by atoms with Gasteiger partial charge in [-0.25, -0.2) is 9.37 Å². The first-order chi connectivity index (χ1) is 34.1. The van der Waals surface area contributed by atoms with E-state index < -0.39 is 111 Å². The molecule has 3 aliphatic rings. The Balaban J connectivity index is 0.925. The number of hydrogen-bond donors (Lipinski definition) is 6. The molecule has 0 bridgehead atoms. The van der Waals surface area contributed by atoms with Crippen molar-refractivity contribution in [3.05, 3.63) is 110 Å². The number of hydrogen-bond acceptors (Lipinski definition) is 13. The van der Waals surface area contributed by atoms with Gasteiger partial charge in [0.2, 0.25) is 35.4 Å². The summed E-state index contributed by atoms with van der Waals surface area (Å²) >= 11 is 0. The number of amides is 8. The molecule has 4 heterocycles. The van der Waals surface area contributed by atoms with Gasteiger partial charge in [0.25, 0.3) is 17.4 Å². The monoisotopic (exact) mass is 977 g/mol. The number of halogens is 1. The standard InChI is InChI=1S/C49H52FN9O12/c1-4-28(22-60)30-15-37-47-31(20-58(37)49(69)32(30)23-70-3)46-34(11-10-29-26(2)33(50)16-35(57-47)45(29)46)55-42(65)24-71-25-54-39(62)18-53-48(68)36(14-27-8-6-5-7-9-27)56-40(63)19-51-38(61)17-52-41(64)21-59-43(66)12-13-44(59)67/h5-9,12-13,15-16,22,28,34,36H,4,10-11,14,17-21,23-25H2,1-3H3,(H,51,61)(H,52,64)(H,53,68)(H,54,62)(H,55,65)(H,56,63). The molecule has 1 aliphatic carbocycles. The van der Waals surface area contributed by atoms with E-state index in [1.54, 1.807) is 47.9 Å². The Morgan fingerprint density at radius 2 is 1.58 bits per heavy atom. The van der Waals surface area contributed by atoms with Crippen molar-refractivity contribution < 1.29 is 57.0 Å². The maximum absolute atomic E-state index is 15.4. The smallest absolute Gasteiger partial charge is 0.257 e. The lowest BCUT2D eigenvalue weighted by molar-refractivity contribution is -0.141. The third kappa shape index (κ3) is 11.6. The summed E-state index contributed by atoms with van der Waals surface area (Å²) in [6.45, 7) is 0.479. The van der Waals surface area contributed by atoms with Crippen LogP contribution in [0.4, 0.5) is 4.39 Å². The second-order valence-corrected chi connectivity index (χ2v) is 17.1. The van der Waals surface area contributed by atoms with Gasteiger partial charge in [0.15, 0.2) is 0 Å². The average Bonchev–Trinajstić information content (AvgIpc) is 3.88. The number of aldehydes is 1.